The maximum Gasteiger partial charge on any atom is 0.322 e. The van der Waals surface area contributed by atoms with Gasteiger partial charge in [0.25, 0.3) is 0 Å². The zero-order valence-corrected chi connectivity index (χ0v) is 10.9. The summed E-state index contributed by atoms with van der Waals surface area (Å²) < 4.78 is 0. The Hall–Kier alpha value is -1.63. The van der Waals surface area contributed by atoms with Crippen molar-refractivity contribution in [2.45, 2.75) is 39.3 Å². The number of aliphatic carboxylic acids is 1. The topological polar surface area (TPSA) is 122 Å². The summed E-state index contributed by atoms with van der Waals surface area (Å²) in [6.45, 7) is 4.88. The fourth-order valence-electron chi connectivity index (χ4n) is 1.32. The largest absolute Gasteiger partial charge is 0.480 e. The third-order valence-corrected chi connectivity index (χ3v) is 2.23. The van der Waals surface area contributed by atoms with E-state index in [1.165, 1.54) is 6.92 Å². The van der Waals surface area contributed by atoms with E-state index in [1.807, 2.05) is 13.8 Å². The number of carbonyl (C=O) groups excluding carboxylic acids is 2. The van der Waals surface area contributed by atoms with E-state index in [1.54, 1.807) is 0 Å². The molecule has 2 amide bonds. The lowest BCUT2D eigenvalue weighted by Gasteiger charge is -2.18. The lowest BCUT2D eigenvalue weighted by atomic mass is 10.0. The van der Waals surface area contributed by atoms with Crippen LogP contribution in [0.5, 0.6) is 0 Å². The Labute approximate surface area is 106 Å². The molecule has 0 saturated heterocycles. The van der Waals surface area contributed by atoms with Gasteiger partial charge in [-0.15, -0.1) is 0 Å². The molecule has 5 N–H and O–H groups in total. The summed E-state index contributed by atoms with van der Waals surface area (Å²) in [4.78, 5) is 33.3. The van der Waals surface area contributed by atoms with Crippen LogP contribution in [0.15, 0.2) is 0 Å². The molecular formula is C11H21N3O4. The van der Waals surface area contributed by atoms with Gasteiger partial charge in [-0.1, -0.05) is 13.8 Å². The molecule has 7 nitrogen and oxygen atoms in total. The van der Waals surface area contributed by atoms with Crippen molar-refractivity contribution in [1.82, 2.24) is 10.6 Å². The first kappa shape index (κ1) is 16.4. The van der Waals surface area contributed by atoms with Crippen LogP contribution >= 0.6 is 0 Å². The molecule has 0 aromatic rings. The normalized spacial score (nSPS) is 13.8. The zero-order chi connectivity index (χ0) is 14.3. The molecule has 0 rings (SSSR count). The van der Waals surface area contributed by atoms with Crippen LogP contribution in [0.2, 0.25) is 0 Å². The van der Waals surface area contributed by atoms with Crippen molar-refractivity contribution >= 4 is 17.8 Å². The van der Waals surface area contributed by atoms with Gasteiger partial charge in [-0.25, -0.2) is 0 Å². The van der Waals surface area contributed by atoms with Gasteiger partial charge in [0.1, 0.15) is 12.6 Å². The number of nitrogens with two attached hydrogens (primary N) is 1. The zero-order valence-electron chi connectivity index (χ0n) is 10.9. The number of carboxylic acid groups (broad SMARTS) is 1. The molecule has 7 heteroatoms. The molecule has 0 aromatic heterocycles. The van der Waals surface area contributed by atoms with E-state index in [9.17, 15) is 14.4 Å². The van der Waals surface area contributed by atoms with Gasteiger partial charge in [0.05, 0.1) is 6.04 Å². The van der Waals surface area contributed by atoms with E-state index in [2.05, 4.69) is 10.6 Å². The van der Waals surface area contributed by atoms with Crippen LogP contribution in [-0.4, -0.2) is 41.5 Å². The quantitative estimate of drug-likeness (QED) is 0.470. The summed E-state index contributed by atoms with van der Waals surface area (Å²) in [7, 11) is 0. The summed E-state index contributed by atoms with van der Waals surface area (Å²) in [5.74, 6) is -1.83. The van der Waals surface area contributed by atoms with Gasteiger partial charge in [0, 0.05) is 0 Å². The maximum atomic E-state index is 11.6. The molecule has 0 aliphatic carbocycles. The Morgan fingerprint density at radius 2 is 1.72 bits per heavy atom. The van der Waals surface area contributed by atoms with Crippen LogP contribution in [0, 0.1) is 5.92 Å². The van der Waals surface area contributed by atoms with Gasteiger partial charge < -0.3 is 21.5 Å². The summed E-state index contributed by atoms with van der Waals surface area (Å²) >= 11 is 0. The number of carboxylic acids is 1. The van der Waals surface area contributed by atoms with Crippen molar-refractivity contribution in [2.24, 2.45) is 11.7 Å². The Bertz CT molecular complexity index is 317. The van der Waals surface area contributed by atoms with Gasteiger partial charge in [0.2, 0.25) is 11.8 Å². The molecule has 0 spiro atoms. The van der Waals surface area contributed by atoms with Crippen LogP contribution in [-0.2, 0) is 14.4 Å². The molecule has 0 fully saturated rings. The maximum absolute atomic E-state index is 11.6. The highest BCUT2D eigenvalue weighted by atomic mass is 16.4. The lowest BCUT2D eigenvalue weighted by molar-refractivity contribution is -0.138. The summed E-state index contributed by atoms with van der Waals surface area (Å²) in [6, 6.07) is -1.48. The summed E-state index contributed by atoms with van der Waals surface area (Å²) in [6.07, 6.45) is 0.523. The first-order valence-corrected chi connectivity index (χ1v) is 5.79. The third kappa shape index (κ3) is 6.85. The van der Waals surface area contributed by atoms with Crippen LogP contribution in [0.4, 0.5) is 0 Å². The molecule has 104 valence electrons. The molecule has 0 saturated carbocycles. The van der Waals surface area contributed by atoms with Crippen molar-refractivity contribution < 1.29 is 19.5 Å². The molecule has 0 aliphatic rings. The number of hydrogen-bond donors (Lipinski definition) is 4. The number of hydrogen-bond acceptors (Lipinski definition) is 4. The van der Waals surface area contributed by atoms with Crippen LogP contribution in [0.1, 0.15) is 27.2 Å². The second kappa shape index (κ2) is 7.65. The molecule has 0 radical (unpaired) electrons. The minimum Gasteiger partial charge on any atom is -0.480 e. The average Bonchev–Trinajstić information content (AvgIpc) is 2.24. The molecule has 2 unspecified atom stereocenters. The number of rotatable bonds is 7. The van der Waals surface area contributed by atoms with E-state index in [0.717, 1.165) is 0 Å². The van der Waals surface area contributed by atoms with E-state index < -0.39 is 36.4 Å². The Balaban J connectivity index is 4.13. The third-order valence-electron chi connectivity index (χ3n) is 2.23. The second-order valence-corrected chi connectivity index (χ2v) is 4.58. The lowest BCUT2D eigenvalue weighted by Crippen LogP contribution is -2.51. The van der Waals surface area contributed by atoms with Crippen molar-refractivity contribution in [1.29, 1.82) is 0 Å². The molecule has 0 heterocycles. The second-order valence-electron chi connectivity index (χ2n) is 4.58. The van der Waals surface area contributed by atoms with Gasteiger partial charge >= 0.3 is 5.97 Å². The predicted octanol–water partition coefficient (Wildman–Crippen LogP) is -0.935. The fourth-order valence-corrected chi connectivity index (χ4v) is 1.32. The van der Waals surface area contributed by atoms with Gasteiger partial charge in [-0.2, -0.15) is 0 Å². The van der Waals surface area contributed by atoms with Crippen molar-refractivity contribution in [3.63, 3.8) is 0 Å². The first-order valence-electron chi connectivity index (χ1n) is 5.79. The average molecular weight is 259 g/mol. The molecule has 0 bridgehead atoms. The Morgan fingerprint density at radius 3 is 2.17 bits per heavy atom. The summed E-state index contributed by atoms with van der Waals surface area (Å²) in [5.41, 5.74) is 5.65. The van der Waals surface area contributed by atoms with Gasteiger partial charge in [-0.3, -0.25) is 14.4 Å². The Kier molecular flexibility index (Phi) is 6.96. The van der Waals surface area contributed by atoms with Crippen molar-refractivity contribution in [3.8, 4) is 0 Å². The Morgan fingerprint density at radius 1 is 1.17 bits per heavy atom. The van der Waals surface area contributed by atoms with E-state index in [4.69, 9.17) is 10.8 Å². The molecule has 0 aliphatic heterocycles. The van der Waals surface area contributed by atoms with Crippen molar-refractivity contribution in [3.05, 3.63) is 0 Å². The van der Waals surface area contributed by atoms with Gasteiger partial charge in [0.15, 0.2) is 0 Å². The highest BCUT2D eigenvalue weighted by molar-refractivity contribution is 5.90. The summed E-state index contributed by atoms with van der Waals surface area (Å²) in [5, 5.41) is 13.0. The number of carbonyl (C=O) groups is 3. The van der Waals surface area contributed by atoms with E-state index >= 15 is 0 Å². The first-order chi connectivity index (χ1) is 8.23. The smallest absolute Gasteiger partial charge is 0.322 e. The van der Waals surface area contributed by atoms with Crippen LogP contribution in [0.25, 0.3) is 0 Å². The van der Waals surface area contributed by atoms with Gasteiger partial charge in [-0.05, 0) is 19.3 Å². The highest BCUT2D eigenvalue weighted by Gasteiger charge is 2.20. The number of amides is 2. The van der Waals surface area contributed by atoms with Crippen LogP contribution in [0.3, 0.4) is 0 Å². The van der Waals surface area contributed by atoms with Crippen LogP contribution < -0.4 is 16.4 Å². The minimum atomic E-state index is -1.14. The molecule has 0 aromatic carbocycles. The van der Waals surface area contributed by atoms with Crippen molar-refractivity contribution in [2.75, 3.05) is 6.54 Å². The van der Waals surface area contributed by atoms with E-state index in [-0.39, 0.29) is 5.92 Å². The minimum absolute atomic E-state index is 0.280. The fraction of sp³-hybridized carbons (Fsp3) is 0.727. The molecule has 18 heavy (non-hydrogen) atoms. The monoisotopic (exact) mass is 259 g/mol. The highest BCUT2D eigenvalue weighted by Crippen LogP contribution is 2.02. The molecule has 2 atom stereocenters. The van der Waals surface area contributed by atoms with E-state index in [0.29, 0.717) is 6.42 Å². The molecular weight excluding hydrogens is 238 g/mol. The number of nitrogens with one attached hydrogen (secondary N) is 2. The predicted molar refractivity (Wildman–Crippen MR) is 65.7 cm³/mol. The standard InChI is InChI=1S/C11H21N3O4/c1-6(2)4-8(12)11(18)14-7(3)10(17)13-5-9(15)16/h6-8H,4-5,12H2,1-3H3,(H,13,17)(H,14,18)(H,15,16). The SMILES string of the molecule is CC(C)CC(N)C(=O)NC(C)C(=O)NCC(=O)O.